The third-order valence-corrected chi connectivity index (χ3v) is 3.11. The van der Waals surface area contributed by atoms with E-state index >= 15 is 0 Å². The maximum Gasteiger partial charge on any atom is 0.333 e. The van der Waals surface area contributed by atoms with Crippen LogP contribution in [0.2, 0.25) is 0 Å². The van der Waals surface area contributed by atoms with E-state index in [4.69, 9.17) is 39.9 Å². The van der Waals surface area contributed by atoms with Crippen molar-refractivity contribution in [1.82, 2.24) is 0 Å². The number of hydrogen-bond donors (Lipinski definition) is 1. The number of rotatable bonds is 14. The minimum absolute atomic E-state index is 0.0355. The lowest BCUT2D eigenvalue weighted by Gasteiger charge is -2.05. The molecule has 0 aromatic heterocycles. The summed E-state index contributed by atoms with van der Waals surface area (Å²) in [6, 6.07) is 0. The number of ether oxygens (including phenoxy) is 4. The summed E-state index contributed by atoms with van der Waals surface area (Å²) in [6.07, 6.45) is -0.600. The van der Waals surface area contributed by atoms with E-state index in [0.717, 1.165) is 0 Å². The molecule has 0 saturated heterocycles. The molecule has 0 aliphatic rings. The van der Waals surface area contributed by atoms with Crippen LogP contribution < -0.4 is 0 Å². The molecule has 11 nitrogen and oxygen atoms in total. The second kappa shape index (κ2) is 24.5. The molecule has 0 aliphatic heterocycles. The van der Waals surface area contributed by atoms with Crippen molar-refractivity contribution in [3.05, 3.63) is 24.3 Å². The zero-order valence-corrected chi connectivity index (χ0v) is 21.7. The summed E-state index contributed by atoms with van der Waals surface area (Å²) in [6.45, 7) is 9.54. The molecule has 35 heavy (non-hydrogen) atoms. The lowest BCUT2D eigenvalue weighted by Crippen LogP contribution is -2.14. The van der Waals surface area contributed by atoms with Crippen molar-refractivity contribution in [2.45, 2.75) is 39.5 Å². The van der Waals surface area contributed by atoms with Crippen molar-refractivity contribution in [1.29, 1.82) is 0 Å². The number of carboxylic acid groups (broad SMARTS) is 1. The first kappa shape index (κ1) is 36.9. The van der Waals surface area contributed by atoms with Crippen LogP contribution in [0.3, 0.4) is 0 Å². The molecule has 0 radical (unpaired) electrons. The Balaban J connectivity index is -0.000000525. The average molecular weight is 564 g/mol. The van der Waals surface area contributed by atoms with Crippen LogP contribution in [-0.4, -0.2) is 72.0 Å². The van der Waals surface area contributed by atoms with Crippen molar-refractivity contribution in [3.8, 4) is 0 Å². The van der Waals surface area contributed by atoms with Gasteiger partial charge in [0, 0.05) is 17.6 Å². The predicted molar refractivity (Wildman–Crippen MR) is 127 cm³/mol. The first-order chi connectivity index (χ1) is 16.3. The lowest BCUT2D eigenvalue weighted by atomic mass is 10.3. The maximum atomic E-state index is 10.9. The second-order valence-electron chi connectivity index (χ2n) is 6.12. The minimum Gasteiger partial charge on any atom is -0.481 e. The van der Waals surface area contributed by atoms with E-state index in [9.17, 15) is 28.8 Å². The van der Waals surface area contributed by atoms with Gasteiger partial charge < -0.3 is 24.1 Å². The van der Waals surface area contributed by atoms with Gasteiger partial charge in [-0.05, 0) is 25.4 Å². The number of carbonyl (C=O) groups excluding carboxylic acids is 5. The van der Waals surface area contributed by atoms with Crippen molar-refractivity contribution in [2.75, 3.05) is 31.8 Å². The van der Waals surface area contributed by atoms with Crippen LogP contribution in [0, 0.1) is 0 Å². The zero-order chi connectivity index (χ0) is 27.8. The molecule has 0 rings (SSSR count). The molecule has 0 atom stereocenters. The monoisotopic (exact) mass is 562 g/mol. The fourth-order valence-corrected chi connectivity index (χ4v) is 1.47. The van der Waals surface area contributed by atoms with Crippen LogP contribution in [0.5, 0.6) is 0 Å². The van der Waals surface area contributed by atoms with Gasteiger partial charge in [0.1, 0.15) is 26.4 Å². The van der Waals surface area contributed by atoms with Crippen LogP contribution in [-0.2, 0) is 47.7 Å². The number of halogens is 3. The van der Waals surface area contributed by atoms with Gasteiger partial charge in [-0.15, -0.1) is 23.2 Å². The smallest absolute Gasteiger partial charge is 0.333 e. The molecule has 0 amide bonds. The van der Waals surface area contributed by atoms with E-state index in [1.807, 2.05) is 0 Å². The van der Waals surface area contributed by atoms with Crippen LogP contribution in [0.4, 0.5) is 0 Å². The van der Waals surface area contributed by atoms with Crippen molar-refractivity contribution in [2.24, 2.45) is 0 Å². The number of esters is 4. The van der Waals surface area contributed by atoms with Gasteiger partial charge in [-0.1, -0.05) is 13.2 Å². The first-order valence-electron chi connectivity index (χ1n) is 9.76. The summed E-state index contributed by atoms with van der Waals surface area (Å²) in [5.74, 6) is -3.34. The molecule has 0 fully saturated rings. The summed E-state index contributed by atoms with van der Waals surface area (Å²) < 4.78 is 18.6. The van der Waals surface area contributed by atoms with Gasteiger partial charge in [0.15, 0.2) is 0 Å². The highest BCUT2D eigenvalue weighted by molar-refractivity contribution is 6.63. The molecule has 200 valence electrons. The highest BCUT2D eigenvalue weighted by Gasteiger charge is 2.08. The lowest BCUT2D eigenvalue weighted by molar-refractivity contribution is -0.151. The molecule has 0 heterocycles. The SMILES string of the molecule is C=C(C)C(=O)OCCOC(=O)CCC(=O)Cl.C=C(C)C(=O)OCCOC(=O)CCC(=O)O.ClCCl. The van der Waals surface area contributed by atoms with Gasteiger partial charge >= 0.3 is 29.8 Å². The Labute approximate surface area is 218 Å². The number of aliphatic carboxylic acids is 1. The number of alkyl halides is 2. The van der Waals surface area contributed by atoms with Crippen molar-refractivity contribution in [3.63, 3.8) is 0 Å². The Hall–Kier alpha value is -2.63. The Morgan fingerprint density at radius 1 is 0.657 bits per heavy atom. The highest BCUT2D eigenvalue weighted by atomic mass is 35.5. The topological polar surface area (TPSA) is 160 Å². The van der Waals surface area contributed by atoms with E-state index in [0.29, 0.717) is 0 Å². The molecule has 0 aliphatic carbocycles. The number of hydrogen-bond acceptors (Lipinski definition) is 10. The van der Waals surface area contributed by atoms with Gasteiger partial charge in [-0.2, -0.15) is 0 Å². The van der Waals surface area contributed by atoms with Crippen LogP contribution in [0.15, 0.2) is 24.3 Å². The summed E-state index contributed by atoms with van der Waals surface area (Å²) in [7, 11) is 0. The van der Waals surface area contributed by atoms with E-state index in [1.54, 1.807) is 0 Å². The maximum absolute atomic E-state index is 10.9. The largest absolute Gasteiger partial charge is 0.481 e. The molecule has 0 spiro atoms. The minimum atomic E-state index is -1.06. The van der Waals surface area contributed by atoms with Gasteiger partial charge in [-0.25, -0.2) is 9.59 Å². The standard InChI is InChI=1S/C10H13ClO5.C10H14O6.CH2Cl2/c2*1-7(2)10(14)16-6-5-15-9(13)4-3-8(11)12;2-1-3/h1,3-6H2,2H3;1,3-6H2,2H3,(H,11,12);1H2. The third-order valence-electron chi connectivity index (χ3n) is 2.92. The molecule has 0 saturated carbocycles. The van der Waals surface area contributed by atoms with Gasteiger partial charge in [0.2, 0.25) is 5.24 Å². The Morgan fingerprint density at radius 3 is 1.26 bits per heavy atom. The van der Waals surface area contributed by atoms with Gasteiger partial charge in [0.25, 0.3) is 0 Å². The quantitative estimate of drug-likeness (QED) is 0.0825. The van der Waals surface area contributed by atoms with E-state index in [2.05, 4.69) is 32.1 Å². The normalized spacial score (nSPS) is 9.06. The highest BCUT2D eigenvalue weighted by Crippen LogP contribution is 1.98. The molecule has 0 aromatic rings. The molecule has 1 N–H and O–H groups in total. The van der Waals surface area contributed by atoms with Gasteiger partial charge in [0.05, 0.1) is 24.6 Å². The summed E-state index contributed by atoms with van der Waals surface area (Å²) in [4.78, 5) is 64.0. The van der Waals surface area contributed by atoms with Crippen LogP contribution in [0.25, 0.3) is 0 Å². The number of carbonyl (C=O) groups is 6. The van der Waals surface area contributed by atoms with Gasteiger partial charge in [-0.3, -0.25) is 19.2 Å². The molecular weight excluding hydrogens is 535 g/mol. The Kier molecular flexibility index (Phi) is 25.8. The van der Waals surface area contributed by atoms with Crippen LogP contribution >= 0.6 is 34.8 Å². The zero-order valence-electron chi connectivity index (χ0n) is 19.4. The Bertz CT molecular complexity index is 676. The van der Waals surface area contributed by atoms with E-state index in [1.165, 1.54) is 13.8 Å². The molecule has 0 unspecified atom stereocenters. The van der Waals surface area contributed by atoms with Crippen LogP contribution in [0.1, 0.15) is 39.5 Å². The van der Waals surface area contributed by atoms with Crippen molar-refractivity contribution >= 4 is 69.9 Å². The van der Waals surface area contributed by atoms with Crippen molar-refractivity contribution < 1.29 is 52.8 Å². The summed E-state index contributed by atoms with van der Waals surface area (Å²) in [5, 5.41) is 7.88. The summed E-state index contributed by atoms with van der Waals surface area (Å²) >= 11 is 14.6. The Morgan fingerprint density at radius 2 is 0.971 bits per heavy atom. The molecule has 14 heteroatoms. The fraction of sp³-hybridized carbons (Fsp3) is 0.524. The average Bonchev–Trinajstić information content (AvgIpc) is 2.77. The fourth-order valence-electron chi connectivity index (χ4n) is 1.38. The first-order valence-corrected chi connectivity index (χ1v) is 11.2. The second-order valence-corrected chi connectivity index (χ2v) is 7.35. The molecular formula is C21H29Cl3O11. The molecule has 0 aromatic carbocycles. The van der Waals surface area contributed by atoms with E-state index in [-0.39, 0.29) is 68.6 Å². The predicted octanol–water partition coefficient (Wildman–Crippen LogP) is 3.13. The van der Waals surface area contributed by atoms with E-state index < -0.39 is 35.1 Å². The molecule has 0 bridgehead atoms. The summed E-state index contributed by atoms with van der Waals surface area (Å²) in [5.41, 5.74) is 0.538. The third kappa shape index (κ3) is 31.4. The number of carboxylic acids is 1.